The van der Waals surface area contributed by atoms with Crippen LogP contribution in [0.3, 0.4) is 0 Å². The largest absolute Gasteiger partial charge is 0.312 e. The molecule has 0 aliphatic rings. The lowest BCUT2D eigenvalue weighted by atomic mass is 10.3. The molecular weight excluding hydrogens is 314 g/mol. The number of nitrogens with one attached hydrogen (secondary N) is 1. The quantitative estimate of drug-likeness (QED) is 0.821. The van der Waals surface area contributed by atoms with Gasteiger partial charge in [0.1, 0.15) is 5.01 Å². The van der Waals surface area contributed by atoms with E-state index in [0.29, 0.717) is 11.7 Å². The van der Waals surface area contributed by atoms with E-state index in [2.05, 4.69) is 20.4 Å². The maximum absolute atomic E-state index is 12.0. The number of amides is 1. The van der Waals surface area contributed by atoms with Crippen LogP contribution in [0.5, 0.6) is 0 Å². The number of rotatable bonds is 7. The van der Waals surface area contributed by atoms with Crippen molar-refractivity contribution in [3.63, 3.8) is 0 Å². The second-order valence-corrected chi connectivity index (χ2v) is 6.57. The van der Waals surface area contributed by atoms with Gasteiger partial charge in [0, 0.05) is 37.7 Å². The second-order valence-electron chi connectivity index (χ2n) is 5.51. The van der Waals surface area contributed by atoms with Gasteiger partial charge in [0.05, 0.1) is 0 Å². The van der Waals surface area contributed by atoms with Crippen LogP contribution in [0, 0.1) is 6.92 Å². The maximum atomic E-state index is 12.0. The van der Waals surface area contributed by atoms with Crippen molar-refractivity contribution in [1.29, 1.82) is 0 Å². The fraction of sp³-hybridized carbons (Fsp3) is 0.467. The molecule has 124 valence electrons. The predicted molar refractivity (Wildman–Crippen MR) is 90.9 cm³/mol. The number of anilines is 1. The molecule has 0 saturated carbocycles. The molecule has 0 atom stereocenters. The minimum Gasteiger partial charge on any atom is -0.312 e. The summed E-state index contributed by atoms with van der Waals surface area (Å²) in [5.41, 5.74) is 0.742. The first-order valence-electron chi connectivity index (χ1n) is 7.39. The lowest BCUT2D eigenvalue weighted by Crippen LogP contribution is -2.24. The van der Waals surface area contributed by atoms with E-state index in [-0.39, 0.29) is 17.9 Å². The average molecular weight is 335 g/mol. The first-order chi connectivity index (χ1) is 11.0. The third kappa shape index (κ3) is 5.26. The number of hydrogen-bond donors (Lipinski definition) is 1. The van der Waals surface area contributed by atoms with Crippen LogP contribution in [0.1, 0.15) is 17.1 Å². The fourth-order valence-corrected chi connectivity index (χ4v) is 2.77. The molecule has 1 amide bonds. The highest BCUT2D eigenvalue weighted by Crippen LogP contribution is 2.16. The van der Waals surface area contributed by atoms with Crippen LogP contribution in [0.15, 0.2) is 23.0 Å². The van der Waals surface area contributed by atoms with Gasteiger partial charge in [0.15, 0.2) is 0 Å². The molecule has 0 spiro atoms. The summed E-state index contributed by atoms with van der Waals surface area (Å²) in [5.74, 6) is -0.171. The first kappa shape index (κ1) is 17.3. The molecule has 7 nitrogen and oxygen atoms in total. The van der Waals surface area contributed by atoms with Crippen LogP contribution >= 0.6 is 11.3 Å². The number of aryl methyl sites for hydroxylation is 1. The van der Waals surface area contributed by atoms with E-state index in [1.807, 2.05) is 27.1 Å². The van der Waals surface area contributed by atoms with Gasteiger partial charge in [-0.05, 0) is 27.1 Å². The molecule has 8 heteroatoms. The number of hydrogen-bond acceptors (Lipinski definition) is 6. The Hall–Kier alpha value is -2.06. The Labute approximate surface area is 139 Å². The van der Waals surface area contributed by atoms with Crippen molar-refractivity contribution in [2.45, 2.75) is 26.3 Å². The van der Waals surface area contributed by atoms with Gasteiger partial charge in [-0.2, -0.15) is 0 Å². The Kier molecular flexibility index (Phi) is 6.00. The summed E-state index contributed by atoms with van der Waals surface area (Å²) < 4.78 is 1.59. The lowest BCUT2D eigenvalue weighted by Gasteiger charge is -2.08. The molecule has 2 heterocycles. The Morgan fingerprint density at radius 3 is 2.83 bits per heavy atom. The molecule has 0 unspecified atom stereocenters. The van der Waals surface area contributed by atoms with Gasteiger partial charge in [-0.1, -0.05) is 17.4 Å². The van der Waals surface area contributed by atoms with Crippen molar-refractivity contribution in [2.24, 2.45) is 0 Å². The highest BCUT2D eigenvalue weighted by molar-refractivity contribution is 7.15. The normalized spacial score (nSPS) is 11.0. The molecule has 1 N–H and O–H groups in total. The zero-order chi connectivity index (χ0) is 16.8. The monoisotopic (exact) mass is 335 g/mol. The summed E-state index contributed by atoms with van der Waals surface area (Å²) in [6.45, 7) is 3.09. The van der Waals surface area contributed by atoms with Crippen molar-refractivity contribution in [2.75, 3.05) is 26.0 Å². The summed E-state index contributed by atoms with van der Waals surface area (Å²) >= 11 is 1.38. The van der Waals surface area contributed by atoms with Crippen molar-refractivity contribution >= 4 is 22.4 Å². The molecule has 2 aromatic rings. The van der Waals surface area contributed by atoms with Gasteiger partial charge in [0.25, 0.3) is 5.56 Å². The highest BCUT2D eigenvalue weighted by atomic mass is 32.1. The van der Waals surface area contributed by atoms with E-state index in [1.165, 1.54) is 17.4 Å². The third-order valence-electron chi connectivity index (χ3n) is 3.32. The van der Waals surface area contributed by atoms with Gasteiger partial charge in [-0.3, -0.25) is 9.59 Å². The Morgan fingerprint density at radius 1 is 1.35 bits per heavy atom. The molecule has 0 saturated heterocycles. The van der Waals surface area contributed by atoms with Crippen molar-refractivity contribution in [1.82, 2.24) is 19.7 Å². The zero-order valence-electron chi connectivity index (χ0n) is 13.6. The molecule has 23 heavy (non-hydrogen) atoms. The minimum atomic E-state index is -0.171. The third-order valence-corrected chi connectivity index (χ3v) is 4.22. The summed E-state index contributed by atoms with van der Waals surface area (Å²) in [5, 5.41) is 12.2. The minimum absolute atomic E-state index is 0.0975. The number of pyridine rings is 1. The molecule has 0 aromatic carbocycles. The number of carbonyl (C=O) groups is 1. The standard InChI is InChI=1S/C15H21N5O2S/c1-11-5-4-6-14(22)20(11)10-7-12(21)16-15-18-17-13(23-15)8-9-19(2)3/h4-6H,7-10H2,1-3H3,(H,16,18,21). The Bertz CT molecular complexity index is 723. The van der Waals surface area contributed by atoms with Crippen molar-refractivity contribution in [3.05, 3.63) is 39.3 Å². The predicted octanol–water partition coefficient (Wildman–Crippen LogP) is 1.14. The smallest absolute Gasteiger partial charge is 0.250 e. The van der Waals surface area contributed by atoms with E-state index < -0.39 is 0 Å². The fourth-order valence-electron chi connectivity index (χ4n) is 2.03. The molecule has 0 bridgehead atoms. The zero-order valence-corrected chi connectivity index (χ0v) is 14.4. The van der Waals surface area contributed by atoms with Crippen LogP contribution in [0.25, 0.3) is 0 Å². The van der Waals surface area contributed by atoms with Crippen LogP contribution in [0.2, 0.25) is 0 Å². The van der Waals surface area contributed by atoms with Crippen LogP contribution in [-0.4, -0.2) is 46.2 Å². The van der Waals surface area contributed by atoms with Gasteiger partial charge in [0.2, 0.25) is 11.0 Å². The SMILES string of the molecule is Cc1cccc(=O)n1CCC(=O)Nc1nnc(CCN(C)C)s1. The van der Waals surface area contributed by atoms with Crippen LogP contribution in [0.4, 0.5) is 5.13 Å². The van der Waals surface area contributed by atoms with Crippen molar-refractivity contribution < 1.29 is 4.79 Å². The molecule has 2 rings (SSSR count). The van der Waals surface area contributed by atoms with Gasteiger partial charge in [-0.25, -0.2) is 0 Å². The molecule has 0 aliphatic carbocycles. The number of aromatic nitrogens is 3. The summed E-state index contributed by atoms with van der Waals surface area (Å²) in [6.07, 6.45) is 1.02. The number of carbonyl (C=O) groups excluding carboxylic acids is 1. The second kappa shape index (κ2) is 7.98. The van der Waals surface area contributed by atoms with E-state index in [9.17, 15) is 9.59 Å². The van der Waals surface area contributed by atoms with E-state index >= 15 is 0 Å². The topological polar surface area (TPSA) is 80.1 Å². The van der Waals surface area contributed by atoms with Gasteiger partial charge >= 0.3 is 0 Å². The van der Waals surface area contributed by atoms with Gasteiger partial charge < -0.3 is 14.8 Å². The average Bonchev–Trinajstić information content (AvgIpc) is 2.92. The van der Waals surface area contributed by atoms with Crippen molar-refractivity contribution in [3.8, 4) is 0 Å². The van der Waals surface area contributed by atoms with E-state index in [1.54, 1.807) is 10.6 Å². The summed E-state index contributed by atoms with van der Waals surface area (Å²) in [6, 6.07) is 5.05. The lowest BCUT2D eigenvalue weighted by molar-refractivity contribution is -0.116. The Balaban J connectivity index is 1.86. The summed E-state index contributed by atoms with van der Waals surface area (Å²) in [7, 11) is 3.99. The highest BCUT2D eigenvalue weighted by Gasteiger charge is 2.09. The maximum Gasteiger partial charge on any atom is 0.250 e. The van der Waals surface area contributed by atoms with Gasteiger partial charge in [-0.15, -0.1) is 10.2 Å². The molecule has 2 aromatic heterocycles. The summed E-state index contributed by atoms with van der Waals surface area (Å²) in [4.78, 5) is 25.8. The number of nitrogens with zero attached hydrogens (tertiary/aromatic N) is 4. The molecule has 0 aliphatic heterocycles. The Morgan fingerprint density at radius 2 is 2.13 bits per heavy atom. The first-order valence-corrected chi connectivity index (χ1v) is 8.21. The molecule has 0 fully saturated rings. The molecule has 0 radical (unpaired) electrons. The number of likely N-dealkylation sites (N-methyl/N-ethyl adjacent to an activating group) is 1. The van der Waals surface area contributed by atoms with Crippen LogP contribution < -0.4 is 10.9 Å². The van der Waals surface area contributed by atoms with Crippen LogP contribution in [-0.2, 0) is 17.8 Å². The van der Waals surface area contributed by atoms with E-state index in [0.717, 1.165) is 23.7 Å². The van der Waals surface area contributed by atoms with E-state index in [4.69, 9.17) is 0 Å². The molecular formula is C15H21N5O2S.